The highest BCUT2D eigenvalue weighted by Gasteiger charge is 2.16. The molecule has 0 radical (unpaired) electrons. The first kappa shape index (κ1) is 18.7. The number of hydrogen-bond donors (Lipinski definition) is 0. The van der Waals surface area contributed by atoms with Crippen molar-refractivity contribution in [3.63, 3.8) is 0 Å². The van der Waals surface area contributed by atoms with Crippen molar-refractivity contribution >= 4 is 22.6 Å². The highest BCUT2D eigenvalue weighted by atomic mass is 35.5. The molecule has 26 heavy (non-hydrogen) atoms. The molecule has 0 spiro atoms. The average molecular weight is 369 g/mol. The third-order valence-corrected chi connectivity index (χ3v) is 4.54. The molecule has 1 aromatic heterocycles. The summed E-state index contributed by atoms with van der Waals surface area (Å²) in [6.45, 7) is 11.1. The fourth-order valence-corrected chi connectivity index (χ4v) is 3.41. The van der Waals surface area contributed by atoms with E-state index in [1.165, 1.54) is 5.36 Å². The van der Waals surface area contributed by atoms with Crippen molar-refractivity contribution in [3.05, 3.63) is 65.0 Å². The number of fused-ring (bicyclic) bond motifs is 1. The van der Waals surface area contributed by atoms with Crippen LogP contribution >= 0.6 is 11.6 Å². The Bertz CT molecular complexity index is 940. The predicted octanol–water partition coefficient (Wildman–Crippen LogP) is 5.84. The van der Waals surface area contributed by atoms with E-state index in [0.717, 1.165) is 40.4 Å². The maximum atomic E-state index is 6.22. The molecule has 0 fully saturated rings. The molecule has 0 saturated carbocycles. The smallest absolute Gasteiger partial charge is 0.214 e. The van der Waals surface area contributed by atoms with Crippen LogP contribution in [0.1, 0.15) is 27.7 Å². The maximum absolute atomic E-state index is 6.22. The predicted molar refractivity (Wildman–Crippen MR) is 111 cm³/mol. The second-order valence-electron chi connectivity index (χ2n) is 7.69. The van der Waals surface area contributed by atoms with E-state index in [1.54, 1.807) is 0 Å². The second-order valence-corrected chi connectivity index (χ2v) is 8.13. The number of hydrogen-bond acceptors (Lipinski definition) is 1. The van der Waals surface area contributed by atoms with E-state index in [2.05, 4.69) is 50.5 Å². The molecular weight excluding hydrogens is 342 g/mol. The number of halogens is 1. The molecule has 0 atom stereocenters. The minimum atomic E-state index is 0.587. The molecule has 1 heterocycles. The van der Waals surface area contributed by atoms with E-state index in [-0.39, 0.29) is 0 Å². The Morgan fingerprint density at radius 3 is 2.12 bits per heavy atom. The van der Waals surface area contributed by atoms with Crippen molar-refractivity contribution in [1.82, 2.24) is 4.58 Å². The topological polar surface area (TPSA) is 16.1 Å². The van der Waals surface area contributed by atoms with Gasteiger partial charge in [0.2, 0.25) is 5.36 Å². The minimum absolute atomic E-state index is 0.587. The van der Waals surface area contributed by atoms with E-state index in [4.69, 9.17) is 16.0 Å². The number of benzene rings is 2. The lowest BCUT2D eigenvalue weighted by Crippen LogP contribution is -2.36. The molecule has 0 amide bonds. The van der Waals surface area contributed by atoms with Crippen LogP contribution in [0.4, 0.5) is 0 Å². The van der Waals surface area contributed by atoms with Gasteiger partial charge in [-0.3, -0.25) is 0 Å². The Labute approximate surface area is 160 Å². The SMILES string of the molecule is CC(C)C[N+](CC(C)C)=c1cc(-c2ccc(Cl)cc2)oc2ccccc12. The summed E-state index contributed by atoms with van der Waals surface area (Å²) >= 11 is 6.05. The summed E-state index contributed by atoms with van der Waals surface area (Å²) in [4.78, 5) is 0. The van der Waals surface area contributed by atoms with Crippen molar-refractivity contribution in [2.45, 2.75) is 27.7 Å². The first-order chi connectivity index (χ1) is 12.4. The van der Waals surface area contributed by atoms with Gasteiger partial charge in [-0.1, -0.05) is 51.4 Å². The van der Waals surface area contributed by atoms with Crippen LogP contribution in [-0.2, 0) is 0 Å². The molecule has 0 N–H and O–H groups in total. The molecule has 2 aromatic carbocycles. The highest BCUT2D eigenvalue weighted by molar-refractivity contribution is 6.30. The molecule has 0 saturated heterocycles. The molecule has 3 aromatic rings. The van der Waals surface area contributed by atoms with Gasteiger partial charge in [0, 0.05) is 22.4 Å². The molecule has 0 aliphatic carbocycles. The summed E-state index contributed by atoms with van der Waals surface area (Å²) in [5.74, 6) is 2.04. The van der Waals surface area contributed by atoms with Crippen LogP contribution in [0.3, 0.4) is 0 Å². The lowest BCUT2D eigenvalue weighted by atomic mass is 10.1. The quantitative estimate of drug-likeness (QED) is 0.517. The van der Waals surface area contributed by atoms with E-state index < -0.39 is 0 Å². The van der Waals surface area contributed by atoms with Gasteiger partial charge >= 0.3 is 0 Å². The Balaban J connectivity index is 2.30. The van der Waals surface area contributed by atoms with Crippen molar-refractivity contribution in [2.75, 3.05) is 13.1 Å². The third kappa shape index (κ3) is 4.37. The van der Waals surface area contributed by atoms with Gasteiger partial charge in [-0.05, 0) is 36.4 Å². The van der Waals surface area contributed by atoms with Gasteiger partial charge in [0.15, 0.2) is 0 Å². The van der Waals surface area contributed by atoms with Crippen molar-refractivity contribution in [1.29, 1.82) is 0 Å². The number of para-hydroxylation sites is 1. The lowest BCUT2D eigenvalue weighted by molar-refractivity contribution is 0.433. The molecule has 0 aliphatic rings. The average Bonchev–Trinajstić information content (AvgIpc) is 2.60. The van der Waals surface area contributed by atoms with Gasteiger partial charge in [0.05, 0.1) is 11.5 Å². The fourth-order valence-electron chi connectivity index (χ4n) is 3.29. The first-order valence-electron chi connectivity index (χ1n) is 9.31. The summed E-state index contributed by atoms with van der Waals surface area (Å²) in [6.07, 6.45) is 0. The van der Waals surface area contributed by atoms with Gasteiger partial charge in [-0.25, -0.2) is 4.58 Å². The van der Waals surface area contributed by atoms with Crippen LogP contribution in [0.2, 0.25) is 5.02 Å². The van der Waals surface area contributed by atoms with Crippen LogP contribution in [-0.4, -0.2) is 13.1 Å². The maximum Gasteiger partial charge on any atom is 0.214 e. The molecule has 3 heteroatoms. The fraction of sp³-hybridized carbons (Fsp3) is 0.348. The second kappa shape index (κ2) is 8.09. The normalized spacial score (nSPS) is 11.5. The van der Waals surface area contributed by atoms with Gasteiger partial charge in [0.25, 0.3) is 0 Å². The Kier molecular flexibility index (Phi) is 5.83. The van der Waals surface area contributed by atoms with E-state index in [9.17, 15) is 0 Å². The molecule has 136 valence electrons. The highest BCUT2D eigenvalue weighted by Crippen LogP contribution is 2.23. The summed E-state index contributed by atoms with van der Waals surface area (Å²) in [5, 5.41) is 3.13. The van der Waals surface area contributed by atoms with Crippen molar-refractivity contribution in [3.8, 4) is 11.3 Å². The Morgan fingerprint density at radius 2 is 1.50 bits per heavy atom. The summed E-state index contributed by atoms with van der Waals surface area (Å²) in [7, 11) is 0. The molecule has 0 aliphatic heterocycles. The van der Waals surface area contributed by atoms with E-state index >= 15 is 0 Å². The van der Waals surface area contributed by atoms with Gasteiger partial charge in [-0.15, -0.1) is 0 Å². The molecular formula is C23H27ClNO+. The Morgan fingerprint density at radius 1 is 0.885 bits per heavy atom. The lowest BCUT2D eigenvalue weighted by Gasteiger charge is -2.11. The largest absolute Gasteiger partial charge is 0.456 e. The zero-order valence-corrected chi connectivity index (χ0v) is 16.8. The van der Waals surface area contributed by atoms with E-state index in [1.807, 2.05) is 36.4 Å². The summed E-state index contributed by atoms with van der Waals surface area (Å²) < 4.78 is 8.71. The van der Waals surface area contributed by atoms with Gasteiger partial charge in [0.1, 0.15) is 24.4 Å². The summed E-state index contributed by atoms with van der Waals surface area (Å²) in [6, 6.07) is 18.3. The van der Waals surface area contributed by atoms with Crippen LogP contribution in [0, 0.1) is 11.8 Å². The number of nitrogens with zero attached hydrogens (tertiary/aromatic N) is 1. The standard InChI is InChI=1S/C23H27ClNO/c1-16(2)14-25(15-17(3)4)21-13-23(18-9-11-19(24)12-10-18)26-22-8-6-5-7-20(21)22/h5-13,16-17H,14-15H2,1-4H3/q+1. The molecule has 0 unspecified atom stereocenters. The zero-order valence-electron chi connectivity index (χ0n) is 16.0. The summed E-state index contributed by atoms with van der Waals surface area (Å²) in [5.41, 5.74) is 1.95. The van der Waals surface area contributed by atoms with Gasteiger partial charge < -0.3 is 4.42 Å². The van der Waals surface area contributed by atoms with Crippen LogP contribution in [0.15, 0.2) is 59.0 Å². The zero-order chi connectivity index (χ0) is 18.7. The minimum Gasteiger partial charge on any atom is -0.456 e. The van der Waals surface area contributed by atoms with Crippen LogP contribution in [0.25, 0.3) is 22.3 Å². The van der Waals surface area contributed by atoms with Crippen molar-refractivity contribution < 1.29 is 4.42 Å². The Hall–Kier alpha value is -2.06. The molecule has 0 bridgehead atoms. The molecule has 3 rings (SSSR count). The monoisotopic (exact) mass is 368 g/mol. The first-order valence-corrected chi connectivity index (χ1v) is 9.68. The van der Waals surface area contributed by atoms with Gasteiger partial charge in [-0.2, -0.15) is 0 Å². The third-order valence-electron chi connectivity index (χ3n) is 4.29. The molecule has 2 nitrogen and oxygen atoms in total. The van der Waals surface area contributed by atoms with Crippen LogP contribution in [0.5, 0.6) is 0 Å². The number of rotatable bonds is 5. The van der Waals surface area contributed by atoms with Crippen molar-refractivity contribution in [2.24, 2.45) is 11.8 Å². The van der Waals surface area contributed by atoms with Crippen LogP contribution < -0.4 is 9.93 Å². The van der Waals surface area contributed by atoms with E-state index in [0.29, 0.717) is 11.8 Å².